The molecule has 5 N–H and O–H groups in total. The summed E-state index contributed by atoms with van der Waals surface area (Å²) in [5.41, 5.74) is 10.6. The highest BCUT2D eigenvalue weighted by atomic mass is 16.2. The smallest absolute Gasteiger partial charge is 0.253 e. The Morgan fingerprint density at radius 1 is 0.800 bits per heavy atom. The molecular formula is C30H31N7O3. The van der Waals surface area contributed by atoms with Gasteiger partial charge in [-0.1, -0.05) is 24.3 Å². The molecule has 0 saturated heterocycles. The van der Waals surface area contributed by atoms with E-state index < -0.39 is 0 Å². The Balaban J connectivity index is 1.32. The van der Waals surface area contributed by atoms with E-state index in [0.29, 0.717) is 34.9 Å². The van der Waals surface area contributed by atoms with Crippen LogP contribution in [-0.4, -0.2) is 53.2 Å². The van der Waals surface area contributed by atoms with E-state index in [1.165, 1.54) is 0 Å². The lowest BCUT2D eigenvalue weighted by molar-refractivity contribution is -0.116. The number of rotatable bonds is 10. The van der Waals surface area contributed by atoms with Crippen LogP contribution in [0, 0.1) is 0 Å². The highest BCUT2D eigenvalue weighted by molar-refractivity contribution is 5.94. The van der Waals surface area contributed by atoms with E-state index in [2.05, 4.69) is 25.9 Å². The van der Waals surface area contributed by atoms with Crippen molar-refractivity contribution in [3.63, 3.8) is 0 Å². The van der Waals surface area contributed by atoms with E-state index >= 15 is 0 Å². The van der Waals surface area contributed by atoms with Crippen molar-refractivity contribution in [3.05, 3.63) is 96.4 Å². The lowest BCUT2D eigenvalue weighted by Gasteiger charge is -2.11. The fraction of sp³-hybridized carbons (Fsp3) is 0.167. The van der Waals surface area contributed by atoms with Crippen molar-refractivity contribution in [2.24, 2.45) is 5.73 Å². The topological polar surface area (TPSA) is 142 Å². The first kappa shape index (κ1) is 27.9. The summed E-state index contributed by atoms with van der Waals surface area (Å²) in [6.45, 7) is -0.0914. The summed E-state index contributed by atoms with van der Waals surface area (Å²) in [7, 11) is 3.45. The summed E-state index contributed by atoms with van der Waals surface area (Å²) in [6.07, 6.45) is 5.74. The van der Waals surface area contributed by atoms with Gasteiger partial charge in [-0.25, -0.2) is 4.98 Å². The van der Waals surface area contributed by atoms with Gasteiger partial charge in [0.25, 0.3) is 5.91 Å². The molecule has 0 fully saturated rings. The number of hydrogen-bond acceptors (Lipinski definition) is 7. The molecule has 0 spiro atoms. The van der Waals surface area contributed by atoms with E-state index in [-0.39, 0.29) is 30.7 Å². The highest BCUT2D eigenvalue weighted by Crippen LogP contribution is 2.23. The minimum atomic E-state index is -0.272. The van der Waals surface area contributed by atoms with E-state index in [1.54, 1.807) is 61.9 Å². The number of pyridine rings is 2. The second kappa shape index (κ2) is 13.1. The Morgan fingerprint density at radius 2 is 1.52 bits per heavy atom. The molecule has 0 bridgehead atoms. The maximum absolute atomic E-state index is 12.5. The standard InChI is InChI=1S/C30H31N7O3/c1-37(2)30(40)22-9-7-21(8-10-22)23-11-12-27(33-17-23)34-25-15-26(19-32-18-25)36-28(38)13-6-20-4-3-5-24(14-20)35-29(39)16-31/h3-5,7-12,14-15,17-19H,6,13,16,31H2,1-2H3,(H,33,34)(H,35,39)(H,36,38). The molecule has 2 aromatic heterocycles. The van der Waals surface area contributed by atoms with Gasteiger partial charge in [-0.15, -0.1) is 0 Å². The number of nitrogens with one attached hydrogen (secondary N) is 3. The normalized spacial score (nSPS) is 10.5. The Morgan fingerprint density at radius 3 is 2.23 bits per heavy atom. The Labute approximate surface area is 232 Å². The molecule has 40 heavy (non-hydrogen) atoms. The molecule has 0 saturated carbocycles. The predicted octanol–water partition coefficient (Wildman–Crippen LogP) is 4.06. The third kappa shape index (κ3) is 7.71. The summed E-state index contributed by atoms with van der Waals surface area (Å²) in [5.74, 6) is 0.147. The number of aromatic nitrogens is 2. The molecule has 4 rings (SSSR count). The number of carbonyl (C=O) groups excluding carboxylic acids is 3. The quantitative estimate of drug-likeness (QED) is 0.239. The number of anilines is 4. The van der Waals surface area contributed by atoms with Gasteiger partial charge in [0.1, 0.15) is 5.82 Å². The molecule has 2 aromatic carbocycles. The van der Waals surface area contributed by atoms with Gasteiger partial charge < -0.3 is 26.6 Å². The van der Waals surface area contributed by atoms with E-state index in [9.17, 15) is 14.4 Å². The maximum Gasteiger partial charge on any atom is 0.253 e. The average Bonchev–Trinajstić information content (AvgIpc) is 2.96. The third-order valence-corrected chi connectivity index (χ3v) is 5.97. The minimum Gasteiger partial charge on any atom is -0.345 e. The Kier molecular flexibility index (Phi) is 9.16. The number of hydrogen-bond donors (Lipinski definition) is 4. The van der Waals surface area contributed by atoms with Crippen LogP contribution in [-0.2, 0) is 16.0 Å². The van der Waals surface area contributed by atoms with Gasteiger partial charge in [-0.05, 0) is 60.0 Å². The highest BCUT2D eigenvalue weighted by Gasteiger charge is 2.09. The van der Waals surface area contributed by atoms with Crippen molar-refractivity contribution in [1.29, 1.82) is 0 Å². The third-order valence-electron chi connectivity index (χ3n) is 5.97. The van der Waals surface area contributed by atoms with Gasteiger partial charge in [0.15, 0.2) is 0 Å². The van der Waals surface area contributed by atoms with Crippen LogP contribution in [0.3, 0.4) is 0 Å². The molecule has 0 radical (unpaired) electrons. The molecule has 0 aliphatic heterocycles. The van der Waals surface area contributed by atoms with E-state index in [4.69, 9.17) is 5.73 Å². The summed E-state index contributed by atoms with van der Waals surface area (Å²) in [5, 5.41) is 8.78. The van der Waals surface area contributed by atoms with Crippen molar-refractivity contribution in [1.82, 2.24) is 14.9 Å². The van der Waals surface area contributed by atoms with Crippen molar-refractivity contribution in [2.45, 2.75) is 12.8 Å². The van der Waals surface area contributed by atoms with E-state index in [0.717, 1.165) is 16.7 Å². The molecular weight excluding hydrogens is 506 g/mol. The number of aryl methyl sites for hydroxylation is 1. The number of nitrogens with two attached hydrogens (primary N) is 1. The second-order valence-corrected chi connectivity index (χ2v) is 9.30. The predicted molar refractivity (Wildman–Crippen MR) is 156 cm³/mol. The van der Waals surface area contributed by atoms with Gasteiger partial charge in [-0.2, -0.15) is 0 Å². The molecule has 204 valence electrons. The number of benzene rings is 2. The van der Waals surface area contributed by atoms with Crippen molar-refractivity contribution >= 4 is 40.6 Å². The minimum absolute atomic E-state index is 0.0450. The lowest BCUT2D eigenvalue weighted by Crippen LogP contribution is -2.21. The first-order valence-corrected chi connectivity index (χ1v) is 12.7. The number of nitrogens with zero attached hydrogens (tertiary/aromatic N) is 3. The molecule has 4 aromatic rings. The lowest BCUT2D eigenvalue weighted by atomic mass is 10.1. The van der Waals surface area contributed by atoms with Gasteiger partial charge >= 0.3 is 0 Å². The van der Waals surface area contributed by atoms with Crippen molar-refractivity contribution in [3.8, 4) is 11.1 Å². The van der Waals surface area contributed by atoms with Gasteiger partial charge in [0, 0.05) is 43.5 Å². The summed E-state index contributed by atoms with van der Waals surface area (Å²) >= 11 is 0. The molecule has 0 aliphatic rings. The number of carbonyl (C=O) groups is 3. The zero-order valence-electron chi connectivity index (χ0n) is 22.3. The maximum atomic E-state index is 12.5. The average molecular weight is 538 g/mol. The van der Waals surface area contributed by atoms with Crippen molar-refractivity contribution in [2.75, 3.05) is 36.6 Å². The van der Waals surface area contributed by atoms with Crippen LogP contribution in [0.15, 0.2) is 85.3 Å². The van der Waals surface area contributed by atoms with E-state index in [1.807, 2.05) is 42.5 Å². The van der Waals surface area contributed by atoms with Gasteiger partial charge in [0.2, 0.25) is 11.8 Å². The van der Waals surface area contributed by atoms with Crippen LogP contribution >= 0.6 is 0 Å². The van der Waals surface area contributed by atoms with Gasteiger partial charge in [0.05, 0.1) is 30.3 Å². The van der Waals surface area contributed by atoms with Crippen LogP contribution in [0.25, 0.3) is 11.1 Å². The zero-order chi connectivity index (χ0) is 28.5. The first-order chi connectivity index (χ1) is 19.3. The largest absolute Gasteiger partial charge is 0.345 e. The first-order valence-electron chi connectivity index (χ1n) is 12.7. The van der Waals surface area contributed by atoms with Crippen LogP contribution in [0.4, 0.5) is 22.9 Å². The summed E-state index contributed by atoms with van der Waals surface area (Å²) in [4.78, 5) is 46.4. The summed E-state index contributed by atoms with van der Waals surface area (Å²) in [6, 6.07) is 20.3. The zero-order valence-corrected chi connectivity index (χ0v) is 22.3. The molecule has 0 aliphatic carbocycles. The SMILES string of the molecule is CN(C)C(=O)c1ccc(-c2ccc(Nc3cncc(NC(=O)CCc4cccc(NC(=O)CN)c4)c3)nc2)cc1. The Bertz CT molecular complexity index is 1490. The van der Waals surface area contributed by atoms with Crippen LogP contribution in [0.1, 0.15) is 22.3 Å². The van der Waals surface area contributed by atoms with Crippen LogP contribution in [0.5, 0.6) is 0 Å². The second-order valence-electron chi connectivity index (χ2n) is 9.30. The number of amides is 3. The molecule has 0 unspecified atom stereocenters. The van der Waals surface area contributed by atoms with Gasteiger partial charge in [-0.3, -0.25) is 19.4 Å². The fourth-order valence-corrected chi connectivity index (χ4v) is 3.92. The fourth-order valence-electron chi connectivity index (χ4n) is 3.92. The van der Waals surface area contributed by atoms with Crippen molar-refractivity contribution < 1.29 is 14.4 Å². The monoisotopic (exact) mass is 537 g/mol. The molecule has 0 atom stereocenters. The molecule has 3 amide bonds. The van der Waals surface area contributed by atoms with Crippen LogP contribution in [0.2, 0.25) is 0 Å². The Hall–Kier alpha value is -5.09. The molecule has 2 heterocycles. The molecule has 10 nitrogen and oxygen atoms in total. The summed E-state index contributed by atoms with van der Waals surface area (Å²) < 4.78 is 0. The molecule has 10 heteroatoms. The van der Waals surface area contributed by atoms with Crippen LogP contribution < -0.4 is 21.7 Å².